The molecule has 1 amide bonds. The first-order valence-corrected chi connectivity index (χ1v) is 12.1. The molecule has 5 nitrogen and oxygen atoms in total. The van der Waals surface area contributed by atoms with Crippen molar-refractivity contribution < 1.29 is 9.90 Å². The van der Waals surface area contributed by atoms with Gasteiger partial charge in [0.25, 0.3) is 0 Å². The zero-order valence-electron chi connectivity index (χ0n) is 19.0. The van der Waals surface area contributed by atoms with Crippen LogP contribution in [0.25, 0.3) is 0 Å². The maximum atomic E-state index is 12.9. The minimum absolute atomic E-state index is 0.00142. The molecule has 5 heteroatoms. The van der Waals surface area contributed by atoms with E-state index in [2.05, 4.69) is 52.8 Å². The maximum Gasteiger partial charge on any atom is 0.221 e. The van der Waals surface area contributed by atoms with Gasteiger partial charge in [0.15, 0.2) is 0 Å². The maximum absolute atomic E-state index is 12.9. The van der Waals surface area contributed by atoms with Gasteiger partial charge >= 0.3 is 0 Å². The summed E-state index contributed by atoms with van der Waals surface area (Å²) in [5.41, 5.74) is 4.05. The Morgan fingerprint density at radius 1 is 1.19 bits per heavy atom. The van der Waals surface area contributed by atoms with E-state index in [0.717, 1.165) is 51.9 Å². The molecule has 2 heterocycles. The number of benzene rings is 2. The van der Waals surface area contributed by atoms with Crippen LogP contribution in [-0.4, -0.2) is 47.6 Å². The van der Waals surface area contributed by atoms with Crippen molar-refractivity contribution in [3.63, 3.8) is 0 Å². The average molecular weight is 434 g/mol. The molecule has 170 valence electrons. The van der Waals surface area contributed by atoms with Crippen molar-refractivity contribution in [1.82, 2.24) is 15.5 Å². The summed E-state index contributed by atoms with van der Waals surface area (Å²) in [7, 11) is 0. The van der Waals surface area contributed by atoms with Crippen molar-refractivity contribution in [1.29, 1.82) is 0 Å². The Hall–Kier alpha value is -2.37. The fraction of sp³-hybridized carbons (Fsp3) is 0.519. The molecule has 0 aromatic heterocycles. The highest BCUT2D eigenvalue weighted by molar-refractivity contribution is 5.76. The van der Waals surface area contributed by atoms with Crippen molar-refractivity contribution in [2.24, 2.45) is 5.92 Å². The van der Waals surface area contributed by atoms with Crippen LogP contribution in [0.2, 0.25) is 0 Å². The number of fused-ring (bicyclic) bond motifs is 3. The summed E-state index contributed by atoms with van der Waals surface area (Å²) in [6.07, 6.45) is 4.61. The molecular formula is C27H35N3O2. The quantitative estimate of drug-likeness (QED) is 0.677. The number of nitrogens with zero attached hydrogens (tertiary/aromatic N) is 1. The number of hydrogen-bond donors (Lipinski definition) is 3. The third-order valence-electron chi connectivity index (χ3n) is 8.10. The first-order valence-electron chi connectivity index (χ1n) is 12.1. The number of amides is 1. The molecule has 2 aromatic carbocycles. The standard InChI is InChI=1S/C27H35N3O2/c1-19-17-28-23-14-24(16-27(19,15-23)22-7-4-8-25(31)13-22)29-26(32)10-12-30-11-9-20-5-2-3-6-21(20)18-30/h2-8,13,19,23-24,28,31H,9-12,14-18H2,1H3,(H,29,32)/t19-,23+,24+,27-/m1/s1. The highest BCUT2D eigenvalue weighted by Gasteiger charge is 2.48. The number of piperidine rings is 1. The van der Waals surface area contributed by atoms with E-state index in [-0.39, 0.29) is 17.4 Å². The van der Waals surface area contributed by atoms with Gasteiger partial charge in [0.2, 0.25) is 5.91 Å². The molecule has 3 N–H and O–H groups in total. The molecule has 2 fully saturated rings. The Morgan fingerprint density at radius 3 is 2.88 bits per heavy atom. The molecular weight excluding hydrogens is 398 g/mol. The Morgan fingerprint density at radius 2 is 2.03 bits per heavy atom. The van der Waals surface area contributed by atoms with Gasteiger partial charge in [-0.1, -0.05) is 43.3 Å². The molecule has 0 spiro atoms. The van der Waals surface area contributed by atoms with Gasteiger partial charge in [0.05, 0.1) is 0 Å². The van der Waals surface area contributed by atoms with Crippen LogP contribution in [0, 0.1) is 5.92 Å². The lowest BCUT2D eigenvalue weighted by atomic mass is 9.58. The van der Waals surface area contributed by atoms with Crippen molar-refractivity contribution in [3.8, 4) is 5.75 Å². The number of aromatic hydroxyl groups is 1. The molecule has 0 radical (unpaired) electrons. The van der Waals surface area contributed by atoms with Gasteiger partial charge in [0.1, 0.15) is 5.75 Å². The highest BCUT2D eigenvalue weighted by Crippen LogP contribution is 2.48. The predicted molar refractivity (Wildman–Crippen MR) is 127 cm³/mol. The van der Waals surface area contributed by atoms with E-state index in [9.17, 15) is 9.90 Å². The Balaban J connectivity index is 1.21. The lowest BCUT2D eigenvalue weighted by Gasteiger charge is -2.53. The third kappa shape index (κ3) is 4.28. The molecule has 1 saturated carbocycles. The van der Waals surface area contributed by atoms with E-state index in [0.29, 0.717) is 24.1 Å². The number of carbonyl (C=O) groups excluding carboxylic acids is 1. The van der Waals surface area contributed by atoms with Gasteiger partial charge < -0.3 is 15.7 Å². The molecule has 4 atom stereocenters. The smallest absolute Gasteiger partial charge is 0.221 e. The van der Waals surface area contributed by atoms with E-state index in [1.807, 2.05) is 12.1 Å². The summed E-state index contributed by atoms with van der Waals surface area (Å²) >= 11 is 0. The minimum atomic E-state index is 0.00142. The molecule has 2 aromatic rings. The summed E-state index contributed by atoms with van der Waals surface area (Å²) in [6.45, 7) is 6.06. The monoisotopic (exact) mass is 433 g/mol. The van der Waals surface area contributed by atoms with Crippen LogP contribution in [0.3, 0.4) is 0 Å². The minimum Gasteiger partial charge on any atom is -0.508 e. The lowest BCUT2D eigenvalue weighted by Crippen LogP contribution is -2.60. The van der Waals surface area contributed by atoms with Gasteiger partial charge in [-0.3, -0.25) is 9.69 Å². The number of phenols is 1. The van der Waals surface area contributed by atoms with E-state index < -0.39 is 0 Å². The number of carbonyl (C=O) groups is 1. The number of rotatable bonds is 5. The van der Waals surface area contributed by atoms with Gasteiger partial charge in [-0.15, -0.1) is 0 Å². The normalized spacial score (nSPS) is 29.8. The zero-order valence-corrected chi connectivity index (χ0v) is 19.0. The van der Waals surface area contributed by atoms with Crippen molar-refractivity contribution in [2.75, 3.05) is 19.6 Å². The van der Waals surface area contributed by atoms with Crippen LogP contribution in [0.4, 0.5) is 0 Å². The van der Waals surface area contributed by atoms with Crippen molar-refractivity contribution in [3.05, 3.63) is 65.2 Å². The number of hydrogen-bond acceptors (Lipinski definition) is 4. The van der Waals surface area contributed by atoms with Gasteiger partial charge in [-0.05, 0) is 67.0 Å². The van der Waals surface area contributed by atoms with E-state index in [4.69, 9.17) is 0 Å². The van der Waals surface area contributed by atoms with E-state index in [1.54, 1.807) is 6.07 Å². The van der Waals surface area contributed by atoms with Gasteiger partial charge in [-0.25, -0.2) is 0 Å². The summed E-state index contributed by atoms with van der Waals surface area (Å²) in [5, 5.41) is 17.2. The largest absolute Gasteiger partial charge is 0.508 e. The third-order valence-corrected chi connectivity index (χ3v) is 8.10. The molecule has 0 unspecified atom stereocenters. The highest BCUT2D eigenvalue weighted by atomic mass is 16.3. The zero-order chi connectivity index (χ0) is 22.1. The fourth-order valence-corrected chi connectivity index (χ4v) is 6.32. The second-order valence-electron chi connectivity index (χ2n) is 10.2. The first kappa shape index (κ1) is 21.5. The summed E-state index contributed by atoms with van der Waals surface area (Å²) in [4.78, 5) is 15.3. The molecule has 32 heavy (non-hydrogen) atoms. The number of phenolic OH excluding ortho intramolecular Hbond substituents is 1. The van der Waals surface area contributed by atoms with Crippen molar-refractivity contribution in [2.45, 2.75) is 63.1 Å². The second-order valence-corrected chi connectivity index (χ2v) is 10.2. The fourth-order valence-electron chi connectivity index (χ4n) is 6.32. The second kappa shape index (κ2) is 8.87. The summed E-state index contributed by atoms with van der Waals surface area (Å²) < 4.78 is 0. The lowest BCUT2D eigenvalue weighted by molar-refractivity contribution is -0.122. The molecule has 2 bridgehead atoms. The first-order chi connectivity index (χ1) is 15.5. The summed E-state index contributed by atoms with van der Waals surface area (Å²) in [5.74, 6) is 0.939. The average Bonchev–Trinajstić information content (AvgIpc) is 2.80. The van der Waals surface area contributed by atoms with Crippen LogP contribution in [-0.2, 0) is 23.2 Å². The Kier molecular flexibility index (Phi) is 5.95. The summed E-state index contributed by atoms with van der Waals surface area (Å²) in [6, 6.07) is 17.0. The predicted octanol–water partition coefficient (Wildman–Crippen LogP) is 3.36. The topological polar surface area (TPSA) is 64.6 Å². The van der Waals surface area contributed by atoms with Gasteiger partial charge in [-0.2, -0.15) is 0 Å². The van der Waals surface area contributed by atoms with Gasteiger partial charge in [0, 0.05) is 43.6 Å². The van der Waals surface area contributed by atoms with Crippen LogP contribution in [0.1, 0.15) is 49.3 Å². The van der Waals surface area contributed by atoms with Crippen LogP contribution < -0.4 is 10.6 Å². The molecule has 2 aliphatic heterocycles. The van der Waals surface area contributed by atoms with Crippen LogP contribution >= 0.6 is 0 Å². The van der Waals surface area contributed by atoms with Crippen LogP contribution in [0.15, 0.2) is 48.5 Å². The SMILES string of the molecule is C[C@@H]1CN[C@H]2C[C@H](NC(=O)CCN3CCc4ccccc4C3)C[C@]1(c1cccc(O)c1)C2. The Labute approximate surface area is 191 Å². The van der Waals surface area contributed by atoms with Crippen LogP contribution in [0.5, 0.6) is 5.75 Å². The number of nitrogens with one attached hydrogen (secondary N) is 2. The molecule has 1 saturated heterocycles. The Bertz CT molecular complexity index is 977. The van der Waals surface area contributed by atoms with E-state index >= 15 is 0 Å². The molecule has 3 aliphatic rings. The molecule has 5 rings (SSSR count). The van der Waals surface area contributed by atoms with Crippen molar-refractivity contribution >= 4 is 5.91 Å². The van der Waals surface area contributed by atoms with E-state index in [1.165, 1.54) is 16.7 Å². The molecule has 1 aliphatic carbocycles.